The van der Waals surface area contributed by atoms with Crippen LogP contribution >= 0.6 is 0 Å². The molecule has 0 amide bonds. The second kappa shape index (κ2) is 3.07. The van der Waals surface area contributed by atoms with Crippen molar-refractivity contribution in [2.24, 2.45) is 0 Å². The predicted molar refractivity (Wildman–Crippen MR) is 64.0 cm³/mol. The molecule has 0 radical (unpaired) electrons. The number of quaternary nitrogens is 1. The number of rotatable bonds is 0. The summed E-state index contributed by atoms with van der Waals surface area (Å²) in [6.45, 7) is 0. The van der Waals surface area contributed by atoms with Gasteiger partial charge in [-0.05, 0) is 45.8 Å². The summed E-state index contributed by atoms with van der Waals surface area (Å²) in [6.07, 6.45) is 0. The van der Waals surface area contributed by atoms with Gasteiger partial charge in [0.2, 0.25) is 0 Å². The quantitative estimate of drug-likeness (QED) is 0.533. The fourth-order valence-electron chi connectivity index (χ4n) is 1.99. The first-order valence-corrected chi connectivity index (χ1v) is 5.07. The molecule has 0 atom stereocenters. The van der Waals surface area contributed by atoms with E-state index in [1.165, 1.54) is 21.5 Å². The zero-order valence-electron chi connectivity index (χ0n) is 8.40. The molecule has 0 heterocycles. The molecule has 0 spiro atoms. The maximum Gasteiger partial charge on any atom is 0.128 e. The lowest BCUT2D eigenvalue weighted by Crippen LogP contribution is -2.39. The molecule has 0 aliphatic carbocycles. The molecule has 3 N–H and O–H groups in total. The van der Waals surface area contributed by atoms with E-state index in [0.717, 1.165) is 5.69 Å². The maximum atomic E-state index is 3.95. The molecular formula is C14H12N+. The molecule has 0 aromatic heterocycles. The van der Waals surface area contributed by atoms with Gasteiger partial charge in [0, 0.05) is 6.07 Å². The molecule has 0 bridgehead atoms. The van der Waals surface area contributed by atoms with Crippen molar-refractivity contribution in [3.63, 3.8) is 0 Å². The van der Waals surface area contributed by atoms with Crippen LogP contribution < -0.4 is 5.73 Å². The Kier molecular flexibility index (Phi) is 1.73. The van der Waals surface area contributed by atoms with Gasteiger partial charge in [0.1, 0.15) is 5.69 Å². The SMILES string of the molecule is [NH3+]c1ccc2cc3ccccc3cc2c1. The Balaban J connectivity index is 2.47. The van der Waals surface area contributed by atoms with Crippen molar-refractivity contribution in [2.75, 3.05) is 0 Å². The second-order valence-corrected chi connectivity index (χ2v) is 3.88. The molecule has 0 saturated heterocycles. The first kappa shape index (κ1) is 8.45. The summed E-state index contributed by atoms with van der Waals surface area (Å²) >= 11 is 0. The van der Waals surface area contributed by atoms with E-state index in [2.05, 4.69) is 60.3 Å². The van der Waals surface area contributed by atoms with Crippen molar-refractivity contribution < 1.29 is 5.73 Å². The summed E-state index contributed by atoms with van der Waals surface area (Å²) in [5.41, 5.74) is 5.02. The highest BCUT2D eigenvalue weighted by Crippen LogP contribution is 2.23. The molecule has 0 fully saturated rings. The summed E-state index contributed by atoms with van der Waals surface area (Å²) in [6, 6.07) is 19.2. The van der Waals surface area contributed by atoms with Gasteiger partial charge in [-0.1, -0.05) is 24.3 Å². The first-order chi connectivity index (χ1) is 7.33. The molecule has 0 aliphatic heterocycles. The molecule has 3 rings (SSSR count). The van der Waals surface area contributed by atoms with Gasteiger partial charge < -0.3 is 5.73 Å². The van der Waals surface area contributed by atoms with Crippen molar-refractivity contribution in [3.05, 3.63) is 54.6 Å². The third kappa shape index (κ3) is 1.37. The van der Waals surface area contributed by atoms with E-state index in [1.54, 1.807) is 0 Å². The van der Waals surface area contributed by atoms with Crippen LogP contribution in [0.2, 0.25) is 0 Å². The van der Waals surface area contributed by atoms with Gasteiger partial charge in [-0.2, -0.15) is 0 Å². The van der Waals surface area contributed by atoms with E-state index in [1.807, 2.05) is 0 Å². The number of fused-ring (bicyclic) bond motifs is 2. The van der Waals surface area contributed by atoms with Crippen molar-refractivity contribution in [1.29, 1.82) is 0 Å². The van der Waals surface area contributed by atoms with E-state index >= 15 is 0 Å². The number of benzene rings is 3. The Morgan fingerprint density at radius 1 is 0.600 bits per heavy atom. The van der Waals surface area contributed by atoms with Crippen LogP contribution in [0.25, 0.3) is 21.5 Å². The normalized spacial score (nSPS) is 11.0. The van der Waals surface area contributed by atoms with E-state index in [0.29, 0.717) is 0 Å². The molecule has 0 aliphatic rings. The smallest absolute Gasteiger partial charge is 0.128 e. The summed E-state index contributed by atoms with van der Waals surface area (Å²) in [5.74, 6) is 0. The minimum absolute atomic E-state index is 1.07. The standard InChI is InChI=1S/C14H11N/c15-14-6-5-12-7-10-3-1-2-4-11(10)8-13(12)9-14/h1-9H,15H2/p+1. The monoisotopic (exact) mass is 194 g/mol. The molecule has 3 aromatic carbocycles. The fraction of sp³-hybridized carbons (Fsp3) is 0. The molecule has 1 heteroatoms. The van der Waals surface area contributed by atoms with Crippen LogP contribution in [0.3, 0.4) is 0 Å². The third-order valence-corrected chi connectivity index (χ3v) is 2.77. The maximum absolute atomic E-state index is 3.95. The minimum atomic E-state index is 1.07. The highest BCUT2D eigenvalue weighted by molar-refractivity contribution is 5.98. The Labute approximate surface area is 88.1 Å². The van der Waals surface area contributed by atoms with Crippen LogP contribution in [0.1, 0.15) is 0 Å². The Bertz CT molecular complexity index is 641. The van der Waals surface area contributed by atoms with Gasteiger partial charge in [0.25, 0.3) is 0 Å². The molecule has 15 heavy (non-hydrogen) atoms. The molecular weight excluding hydrogens is 182 g/mol. The Morgan fingerprint density at radius 2 is 1.20 bits per heavy atom. The van der Waals surface area contributed by atoms with Crippen LogP contribution in [0, 0.1) is 0 Å². The third-order valence-electron chi connectivity index (χ3n) is 2.77. The first-order valence-electron chi connectivity index (χ1n) is 5.07. The summed E-state index contributed by atoms with van der Waals surface area (Å²) in [7, 11) is 0. The summed E-state index contributed by atoms with van der Waals surface area (Å²) in [4.78, 5) is 0. The van der Waals surface area contributed by atoms with Crippen molar-refractivity contribution in [3.8, 4) is 0 Å². The molecule has 1 nitrogen and oxygen atoms in total. The lowest BCUT2D eigenvalue weighted by Gasteiger charge is -2.01. The fourth-order valence-corrected chi connectivity index (χ4v) is 1.99. The van der Waals surface area contributed by atoms with Crippen LogP contribution in [0.5, 0.6) is 0 Å². The van der Waals surface area contributed by atoms with Crippen molar-refractivity contribution in [2.45, 2.75) is 0 Å². The van der Waals surface area contributed by atoms with Crippen LogP contribution in [0.4, 0.5) is 5.69 Å². The van der Waals surface area contributed by atoms with Gasteiger partial charge in [-0.3, -0.25) is 0 Å². The van der Waals surface area contributed by atoms with Gasteiger partial charge in [0.15, 0.2) is 0 Å². The van der Waals surface area contributed by atoms with Crippen molar-refractivity contribution in [1.82, 2.24) is 0 Å². The summed E-state index contributed by atoms with van der Waals surface area (Å²) < 4.78 is 0. The van der Waals surface area contributed by atoms with E-state index < -0.39 is 0 Å². The Hall–Kier alpha value is -1.86. The zero-order chi connectivity index (χ0) is 10.3. The zero-order valence-corrected chi connectivity index (χ0v) is 8.40. The predicted octanol–water partition coefficient (Wildman–Crippen LogP) is 2.87. The average molecular weight is 194 g/mol. The molecule has 0 saturated carbocycles. The van der Waals surface area contributed by atoms with Crippen LogP contribution in [-0.2, 0) is 0 Å². The molecule has 3 aromatic rings. The average Bonchev–Trinajstić information content (AvgIpc) is 2.26. The summed E-state index contributed by atoms with van der Waals surface area (Å²) in [5, 5.41) is 5.12. The minimum Gasteiger partial charge on any atom is -0.325 e. The van der Waals surface area contributed by atoms with E-state index in [9.17, 15) is 0 Å². The van der Waals surface area contributed by atoms with Crippen LogP contribution in [-0.4, -0.2) is 0 Å². The lowest BCUT2D eigenvalue weighted by atomic mass is 10.0. The van der Waals surface area contributed by atoms with Gasteiger partial charge >= 0.3 is 0 Å². The van der Waals surface area contributed by atoms with E-state index in [-0.39, 0.29) is 0 Å². The van der Waals surface area contributed by atoms with Crippen LogP contribution in [0.15, 0.2) is 54.6 Å². The van der Waals surface area contributed by atoms with E-state index in [4.69, 9.17) is 0 Å². The highest BCUT2D eigenvalue weighted by atomic mass is 14.5. The number of hydrogen-bond donors (Lipinski definition) is 1. The second-order valence-electron chi connectivity index (χ2n) is 3.88. The largest absolute Gasteiger partial charge is 0.325 e. The molecule has 0 unspecified atom stereocenters. The van der Waals surface area contributed by atoms with Crippen molar-refractivity contribution >= 4 is 27.2 Å². The number of hydrogen-bond acceptors (Lipinski definition) is 0. The van der Waals surface area contributed by atoms with Gasteiger partial charge in [-0.15, -0.1) is 0 Å². The van der Waals surface area contributed by atoms with Gasteiger partial charge in [-0.25, -0.2) is 0 Å². The lowest BCUT2D eigenvalue weighted by molar-refractivity contribution is -0.254. The molecule has 72 valence electrons. The van der Waals surface area contributed by atoms with Gasteiger partial charge in [0.05, 0.1) is 0 Å². The highest BCUT2D eigenvalue weighted by Gasteiger charge is 1.98. The Morgan fingerprint density at radius 3 is 1.93 bits per heavy atom. The topological polar surface area (TPSA) is 27.6 Å².